The zero-order chi connectivity index (χ0) is 10.1. The van der Waals surface area contributed by atoms with Crippen LogP contribution in [0.2, 0.25) is 0 Å². The average Bonchev–Trinajstić information content (AvgIpc) is 2.87. The highest BCUT2D eigenvalue weighted by Crippen LogP contribution is 2.38. The smallest absolute Gasteiger partial charge is 0.223 e. The lowest BCUT2D eigenvalue weighted by molar-refractivity contribution is -0.124. The van der Waals surface area contributed by atoms with Gasteiger partial charge in [-0.15, -0.1) is 0 Å². The lowest BCUT2D eigenvalue weighted by Crippen LogP contribution is -2.45. The summed E-state index contributed by atoms with van der Waals surface area (Å²) in [6.45, 7) is 2.10. The highest BCUT2D eigenvalue weighted by molar-refractivity contribution is 5.81. The largest absolute Gasteiger partial charge is 0.391 e. The van der Waals surface area contributed by atoms with E-state index in [-0.39, 0.29) is 24.0 Å². The van der Waals surface area contributed by atoms with Crippen LogP contribution in [0.3, 0.4) is 0 Å². The molecule has 3 heteroatoms. The number of aliphatic hydroxyl groups excluding tert-OH is 1. The van der Waals surface area contributed by atoms with Crippen molar-refractivity contribution in [2.75, 3.05) is 0 Å². The van der Waals surface area contributed by atoms with Gasteiger partial charge < -0.3 is 10.4 Å². The minimum atomic E-state index is -0.318. The van der Waals surface area contributed by atoms with E-state index in [1.807, 2.05) is 0 Å². The number of carbonyl (C=O) groups is 1. The Hall–Kier alpha value is -0.570. The Morgan fingerprint density at radius 1 is 1.36 bits per heavy atom. The van der Waals surface area contributed by atoms with Gasteiger partial charge in [0.1, 0.15) is 0 Å². The van der Waals surface area contributed by atoms with Gasteiger partial charge in [-0.3, -0.25) is 4.79 Å². The van der Waals surface area contributed by atoms with Crippen LogP contribution in [0.5, 0.6) is 0 Å². The van der Waals surface area contributed by atoms with Gasteiger partial charge in [-0.1, -0.05) is 19.8 Å². The first kappa shape index (κ1) is 9.97. The van der Waals surface area contributed by atoms with Crippen molar-refractivity contribution in [3.63, 3.8) is 0 Å². The second-order valence-electron chi connectivity index (χ2n) is 4.79. The summed E-state index contributed by atoms with van der Waals surface area (Å²) in [4.78, 5) is 11.6. The van der Waals surface area contributed by atoms with Gasteiger partial charge >= 0.3 is 0 Å². The number of rotatable bonds is 2. The topological polar surface area (TPSA) is 49.3 Å². The molecule has 2 saturated carbocycles. The lowest BCUT2D eigenvalue weighted by Gasteiger charge is -2.28. The van der Waals surface area contributed by atoms with Crippen LogP contribution in [0, 0.1) is 11.8 Å². The van der Waals surface area contributed by atoms with Gasteiger partial charge in [-0.2, -0.15) is 0 Å². The van der Waals surface area contributed by atoms with E-state index in [1.54, 1.807) is 0 Å². The van der Waals surface area contributed by atoms with E-state index in [1.165, 1.54) is 0 Å². The van der Waals surface area contributed by atoms with Crippen molar-refractivity contribution in [3.8, 4) is 0 Å². The fourth-order valence-electron chi connectivity index (χ4n) is 2.26. The van der Waals surface area contributed by atoms with Crippen molar-refractivity contribution in [1.82, 2.24) is 5.32 Å². The molecule has 2 rings (SSSR count). The zero-order valence-corrected chi connectivity index (χ0v) is 8.70. The fraction of sp³-hybridized carbons (Fsp3) is 0.909. The summed E-state index contributed by atoms with van der Waals surface area (Å²) in [6.07, 6.45) is 4.70. The summed E-state index contributed by atoms with van der Waals surface area (Å²) in [7, 11) is 0. The molecular weight excluding hydrogens is 178 g/mol. The first-order chi connectivity index (χ1) is 6.68. The number of amides is 1. The molecule has 80 valence electrons. The van der Waals surface area contributed by atoms with Gasteiger partial charge in [0, 0.05) is 5.92 Å². The van der Waals surface area contributed by atoms with Crippen LogP contribution in [0.25, 0.3) is 0 Å². The monoisotopic (exact) mass is 197 g/mol. The number of hydrogen-bond acceptors (Lipinski definition) is 2. The summed E-state index contributed by atoms with van der Waals surface area (Å²) in [6, 6.07) is 0.0176. The zero-order valence-electron chi connectivity index (χ0n) is 8.70. The fourth-order valence-corrected chi connectivity index (χ4v) is 2.26. The quantitative estimate of drug-likeness (QED) is 0.695. The molecule has 2 N–H and O–H groups in total. The van der Waals surface area contributed by atoms with E-state index in [9.17, 15) is 9.90 Å². The maximum Gasteiger partial charge on any atom is 0.223 e. The number of hydrogen-bond donors (Lipinski definition) is 2. The van der Waals surface area contributed by atoms with Crippen LogP contribution in [0.15, 0.2) is 0 Å². The van der Waals surface area contributed by atoms with E-state index in [0.717, 1.165) is 32.1 Å². The number of nitrogens with one attached hydrogen (secondary N) is 1. The summed E-state index contributed by atoms with van der Waals surface area (Å²) in [5.41, 5.74) is 0. The van der Waals surface area contributed by atoms with Gasteiger partial charge in [0.2, 0.25) is 5.91 Å². The SMILES string of the molecule is CC1CC1C(=O)N[C@@H]1CCCC[C@H]1O. The van der Waals surface area contributed by atoms with E-state index >= 15 is 0 Å². The Morgan fingerprint density at radius 3 is 2.57 bits per heavy atom. The highest BCUT2D eigenvalue weighted by atomic mass is 16.3. The molecule has 4 atom stereocenters. The van der Waals surface area contributed by atoms with Crippen molar-refractivity contribution in [1.29, 1.82) is 0 Å². The van der Waals surface area contributed by atoms with Crippen LogP contribution in [-0.4, -0.2) is 23.2 Å². The average molecular weight is 197 g/mol. The Kier molecular flexibility index (Phi) is 2.77. The van der Waals surface area contributed by atoms with E-state index in [2.05, 4.69) is 12.2 Å². The van der Waals surface area contributed by atoms with E-state index < -0.39 is 0 Å². The maximum absolute atomic E-state index is 11.6. The van der Waals surface area contributed by atoms with Gasteiger partial charge in [0.05, 0.1) is 12.1 Å². The van der Waals surface area contributed by atoms with Crippen molar-refractivity contribution in [2.24, 2.45) is 11.8 Å². The molecule has 2 aliphatic carbocycles. The van der Waals surface area contributed by atoms with Crippen molar-refractivity contribution in [2.45, 2.75) is 51.2 Å². The van der Waals surface area contributed by atoms with Crippen LogP contribution < -0.4 is 5.32 Å². The van der Waals surface area contributed by atoms with E-state index in [0.29, 0.717) is 5.92 Å². The summed E-state index contributed by atoms with van der Waals surface area (Å²) in [5.74, 6) is 0.934. The second-order valence-corrected chi connectivity index (χ2v) is 4.79. The Morgan fingerprint density at radius 2 is 2.00 bits per heavy atom. The van der Waals surface area contributed by atoms with E-state index in [4.69, 9.17) is 0 Å². The molecule has 0 saturated heterocycles. The second kappa shape index (κ2) is 3.89. The highest BCUT2D eigenvalue weighted by Gasteiger charge is 2.40. The minimum Gasteiger partial charge on any atom is -0.391 e. The van der Waals surface area contributed by atoms with Crippen LogP contribution in [-0.2, 0) is 4.79 Å². The van der Waals surface area contributed by atoms with Crippen molar-refractivity contribution >= 4 is 5.91 Å². The summed E-state index contributed by atoms with van der Waals surface area (Å²) in [5, 5.41) is 12.6. The van der Waals surface area contributed by atoms with Crippen LogP contribution in [0.1, 0.15) is 39.0 Å². The van der Waals surface area contributed by atoms with Crippen molar-refractivity contribution in [3.05, 3.63) is 0 Å². The minimum absolute atomic E-state index is 0.0176. The molecule has 0 heterocycles. The Bertz CT molecular complexity index is 229. The predicted molar refractivity (Wildman–Crippen MR) is 53.7 cm³/mol. The lowest BCUT2D eigenvalue weighted by atomic mass is 9.92. The van der Waals surface area contributed by atoms with Gasteiger partial charge in [0.25, 0.3) is 0 Å². The maximum atomic E-state index is 11.6. The summed E-state index contributed by atoms with van der Waals surface area (Å²) >= 11 is 0. The van der Waals surface area contributed by atoms with Gasteiger partial charge in [-0.05, 0) is 25.2 Å². The third kappa shape index (κ3) is 2.08. The molecular formula is C11H19NO2. The molecule has 14 heavy (non-hydrogen) atoms. The molecule has 0 radical (unpaired) electrons. The Labute approximate surface area is 84.9 Å². The molecule has 0 aromatic rings. The molecule has 3 nitrogen and oxygen atoms in total. The Balaban J connectivity index is 1.80. The van der Waals surface area contributed by atoms with Gasteiger partial charge in [0.15, 0.2) is 0 Å². The molecule has 0 bridgehead atoms. The molecule has 2 unspecified atom stereocenters. The number of carbonyl (C=O) groups excluding carboxylic acids is 1. The van der Waals surface area contributed by atoms with Gasteiger partial charge in [-0.25, -0.2) is 0 Å². The third-order valence-corrected chi connectivity index (χ3v) is 3.50. The number of aliphatic hydroxyl groups is 1. The molecule has 2 fully saturated rings. The molecule has 0 aromatic heterocycles. The van der Waals surface area contributed by atoms with Crippen LogP contribution in [0.4, 0.5) is 0 Å². The normalized spacial score (nSPS) is 41.9. The van der Waals surface area contributed by atoms with Crippen LogP contribution >= 0.6 is 0 Å². The summed E-state index contributed by atoms with van der Waals surface area (Å²) < 4.78 is 0. The first-order valence-electron chi connectivity index (χ1n) is 5.67. The molecule has 0 aliphatic heterocycles. The standard InChI is InChI=1S/C11H19NO2/c1-7-6-8(7)11(14)12-9-4-2-3-5-10(9)13/h7-10,13H,2-6H2,1H3,(H,12,14)/t7?,8?,9-,10-/m1/s1. The molecule has 2 aliphatic rings. The molecule has 0 aromatic carbocycles. The molecule has 0 spiro atoms. The van der Waals surface area contributed by atoms with Crippen molar-refractivity contribution < 1.29 is 9.90 Å². The molecule has 1 amide bonds. The first-order valence-corrected chi connectivity index (χ1v) is 5.67. The predicted octanol–water partition coefficient (Wildman–Crippen LogP) is 1.06. The third-order valence-electron chi connectivity index (χ3n) is 3.50.